The fourth-order valence-electron chi connectivity index (χ4n) is 4.91. The average Bonchev–Trinajstić information content (AvgIpc) is 3.13. The van der Waals surface area contributed by atoms with Crippen LogP contribution in [0.5, 0.6) is 0 Å². The van der Waals surface area contributed by atoms with Gasteiger partial charge in [-0.15, -0.1) is 0 Å². The topological polar surface area (TPSA) is 86.8 Å². The van der Waals surface area contributed by atoms with Gasteiger partial charge < -0.3 is 10.2 Å². The molecule has 4 amide bonds. The van der Waals surface area contributed by atoms with Crippen LogP contribution in [0, 0.1) is 0 Å². The molecule has 1 aliphatic heterocycles. The van der Waals surface area contributed by atoms with Crippen LogP contribution in [-0.4, -0.2) is 52.1 Å². The Hall–Kier alpha value is -3.19. The van der Waals surface area contributed by atoms with E-state index in [1.165, 1.54) is 11.3 Å². The number of carbonyl (C=O) groups excluding carboxylic acids is 4. The monoisotopic (exact) mass is 509 g/mol. The lowest BCUT2D eigenvalue weighted by molar-refractivity contribution is -0.141. The predicted molar refractivity (Wildman–Crippen MR) is 138 cm³/mol. The fourth-order valence-corrected chi connectivity index (χ4v) is 5.04. The standard InChI is InChI=1S/C28H32ClN3O4/c1-19(26(34)30-22-8-3-2-4-9-22)32(18-20-13-15-21(29)16-14-20)25(33)12-7-17-31-27(35)23-10-5-6-11-24(23)28(31)36/h5-6,10-11,13-16,19,22H,2-4,7-9,12,17-18H2,1H3,(H,30,34)/t19-/m0/s1. The summed E-state index contributed by atoms with van der Waals surface area (Å²) in [7, 11) is 0. The molecule has 0 spiro atoms. The molecule has 7 nitrogen and oxygen atoms in total. The molecule has 36 heavy (non-hydrogen) atoms. The van der Waals surface area contributed by atoms with Crippen LogP contribution in [0.1, 0.15) is 78.1 Å². The first kappa shape index (κ1) is 25.9. The van der Waals surface area contributed by atoms with Crippen LogP contribution < -0.4 is 5.32 Å². The van der Waals surface area contributed by atoms with Crippen molar-refractivity contribution in [2.45, 2.75) is 70.5 Å². The summed E-state index contributed by atoms with van der Waals surface area (Å²) in [5.74, 6) is -1.03. The molecule has 0 bridgehead atoms. The van der Waals surface area contributed by atoms with E-state index in [-0.39, 0.29) is 49.2 Å². The Morgan fingerprint density at radius 1 is 1.00 bits per heavy atom. The maximum atomic E-state index is 13.3. The van der Waals surface area contributed by atoms with Gasteiger partial charge in [-0.2, -0.15) is 0 Å². The van der Waals surface area contributed by atoms with Gasteiger partial charge in [-0.05, 0) is 56.0 Å². The summed E-state index contributed by atoms with van der Waals surface area (Å²) in [5, 5.41) is 3.72. The Morgan fingerprint density at radius 3 is 2.22 bits per heavy atom. The molecular weight excluding hydrogens is 478 g/mol. The van der Waals surface area contributed by atoms with Crippen LogP contribution >= 0.6 is 11.6 Å². The highest BCUT2D eigenvalue weighted by molar-refractivity contribution is 6.30. The van der Waals surface area contributed by atoms with E-state index in [2.05, 4.69) is 5.32 Å². The first-order chi connectivity index (χ1) is 17.3. The molecule has 8 heteroatoms. The van der Waals surface area contributed by atoms with E-state index in [4.69, 9.17) is 11.6 Å². The van der Waals surface area contributed by atoms with Gasteiger partial charge in [0.1, 0.15) is 6.04 Å². The molecular formula is C28H32ClN3O4. The molecule has 190 valence electrons. The van der Waals surface area contributed by atoms with Gasteiger partial charge in [0.15, 0.2) is 0 Å². The number of rotatable bonds is 9. The molecule has 1 N–H and O–H groups in total. The van der Waals surface area contributed by atoms with Gasteiger partial charge in [-0.25, -0.2) is 0 Å². The molecule has 2 aromatic rings. The molecule has 1 atom stereocenters. The van der Waals surface area contributed by atoms with E-state index in [9.17, 15) is 19.2 Å². The molecule has 1 heterocycles. The first-order valence-electron chi connectivity index (χ1n) is 12.6. The number of benzene rings is 2. The van der Waals surface area contributed by atoms with Crippen molar-refractivity contribution in [2.24, 2.45) is 0 Å². The lowest BCUT2D eigenvalue weighted by atomic mass is 9.95. The van der Waals surface area contributed by atoms with Gasteiger partial charge in [0.25, 0.3) is 11.8 Å². The van der Waals surface area contributed by atoms with Crippen LogP contribution in [0.25, 0.3) is 0 Å². The first-order valence-corrected chi connectivity index (χ1v) is 13.0. The fraction of sp³-hybridized carbons (Fsp3) is 0.429. The van der Waals surface area contributed by atoms with Crippen molar-refractivity contribution < 1.29 is 19.2 Å². The van der Waals surface area contributed by atoms with Crippen molar-refractivity contribution in [2.75, 3.05) is 6.54 Å². The lowest BCUT2D eigenvalue weighted by Crippen LogP contribution is -2.50. The van der Waals surface area contributed by atoms with Gasteiger partial charge in [0.2, 0.25) is 11.8 Å². The minimum Gasteiger partial charge on any atom is -0.352 e. The molecule has 0 aromatic heterocycles. The summed E-state index contributed by atoms with van der Waals surface area (Å²) < 4.78 is 0. The third-order valence-corrected chi connectivity index (χ3v) is 7.29. The van der Waals surface area contributed by atoms with Gasteiger partial charge in [0, 0.05) is 30.6 Å². The normalized spacial score (nSPS) is 16.6. The minimum atomic E-state index is -0.658. The molecule has 0 radical (unpaired) electrons. The van der Waals surface area contributed by atoms with Crippen LogP contribution in [0.2, 0.25) is 5.02 Å². The SMILES string of the molecule is C[C@@H](C(=O)NC1CCCCC1)N(Cc1ccc(Cl)cc1)C(=O)CCCN1C(=O)c2ccccc2C1=O. The Bertz CT molecular complexity index is 1090. The van der Waals surface area contributed by atoms with Gasteiger partial charge in [-0.1, -0.05) is 55.1 Å². The number of carbonyl (C=O) groups is 4. The van der Waals surface area contributed by atoms with Crippen LogP contribution in [0.3, 0.4) is 0 Å². The summed E-state index contributed by atoms with van der Waals surface area (Å²) in [5.41, 5.74) is 1.66. The van der Waals surface area contributed by atoms with E-state index in [0.29, 0.717) is 22.6 Å². The number of hydrogen-bond acceptors (Lipinski definition) is 4. The van der Waals surface area contributed by atoms with Crippen molar-refractivity contribution in [1.29, 1.82) is 0 Å². The summed E-state index contributed by atoms with van der Waals surface area (Å²) in [4.78, 5) is 54.4. The van der Waals surface area contributed by atoms with E-state index < -0.39 is 6.04 Å². The number of imide groups is 1. The Balaban J connectivity index is 1.40. The highest BCUT2D eigenvalue weighted by Gasteiger charge is 2.35. The van der Waals surface area contributed by atoms with Crippen molar-refractivity contribution in [3.8, 4) is 0 Å². The summed E-state index contributed by atoms with van der Waals surface area (Å²) >= 11 is 6.02. The third-order valence-electron chi connectivity index (χ3n) is 7.04. The second-order valence-electron chi connectivity index (χ2n) is 9.58. The van der Waals surface area contributed by atoms with Crippen molar-refractivity contribution in [1.82, 2.24) is 15.1 Å². The molecule has 1 fully saturated rings. The maximum Gasteiger partial charge on any atom is 0.261 e. The average molecular weight is 510 g/mol. The molecule has 0 saturated heterocycles. The van der Waals surface area contributed by atoms with Crippen LogP contribution in [-0.2, 0) is 16.1 Å². The zero-order valence-corrected chi connectivity index (χ0v) is 21.3. The largest absolute Gasteiger partial charge is 0.352 e. The minimum absolute atomic E-state index is 0.113. The van der Waals surface area contributed by atoms with Crippen LogP contribution in [0.15, 0.2) is 48.5 Å². The predicted octanol–water partition coefficient (Wildman–Crippen LogP) is 4.58. The maximum absolute atomic E-state index is 13.3. The Kier molecular flexibility index (Phi) is 8.41. The highest BCUT2D eigenvalue weighted by atomic mass is 35.5. The van der Waals surface area contributed by atoms with Gasteiger partial charge in [-0.3, -0.25) is 24.1 Å². The Labute approximate surface area is 216 Å². The molecule has 1 saturated carbocycles. The number of hydrogen-bond donors (Lipinski definition) is 1. The van der Waals surface area contributed by atoms with Crippen LogP contribution in [0.4, 0.5) is 0 Å². The van der Waals surface area contributed by atoms with Gasteiger partial charge in [0.05, 0.1) is 11.1 Å². The van der Waals surface area contributed by atoms with E-state index >= 15 is 0 Å². The summed E-state index contributed by atoms with van der Waals surface area (Å²) in [6.07, 6.45) is 5.75. The summed E-state index contributed by atoms with van der Waals surface area (Å²) in [6, 6.07) is 13.4. The second-order valence-corrected chi connectivity index (χ2v) is 10.0. The zero-order valence-electron chi connectivity index (χ0n) is 20.5. The molecule has 0 unspecified atom stereocenters. The highest BCUT2D eigenvalue weighted by Crippen LogP contribution is 2.23. The number of amides is 4. The van der Waals surface area contributed by atoms with E-state index in [0.717, 1.165) is 31.2 Å². The molecule has 2 aliphatic rings. The van der Waals surface area contributed by atoms with Gasteiger partial charge >= 0.3 is 0 Å². The number of fused-ring (bicyclic) bond motifs is 1. The van der Waals surface area contributed by atoms with Crippen molar-refractivity contribution in [3.63, 3.8) is 0 Å². The summed E-state index contributed by atoms with van der Waals surface area (Å²) in [6.45, 7) is 2.16. The zero-order chi connectivity index (χ0) is 25.7. The van der Waals surface area contributed by atoms with Crippen molar-refractivity contribution >= 4 is 35.2 Å². The number of halogens is 1. The third kappa shape index (κ3) is 5.95. The quantitative estimate of drug-likeness (QED) is 0.501. The van der Waals surface area contributed by atoms with E-state index in [1.54, 1.807) is 48.2 Å². The van der Waals surface area contributed by atoms with E-state index in [1.807, 2.05) is 12.1 Å². The molecule has 4 rings (SSSR count). The smallest absolute Gasteiger partial charge is 0.261 e. The Morgan fingerprint density at radius 2 is 1.61 bits per heavy atom. The molecule has 1 aliphatic carbocycles. The second kappa shape index (κ2) is 11.7. The lowest BCUT2D eigenvalue weighted by Gasteiger charge is -2.31. The molecule has 2 aromatic carbocycles. The number of nitrogens with zero attached hydrogens (tertiary/aromatic N) is 2. The number of nitrogens with one attached hydrogen (secondary N) is 1. The van der Waals surface area contributed by atoms with Crippen molar-refractivity contribution in [3.05, 3.63) is 70.2 Å².